The highest BCUT2D eigenvalue weighted by Crippen LogP contribution is 2.09. The third kappa shape index (κ3) is 2.90. The van der Waals surface area contributed by atoms with Gasteiger partial charge in [-0.05, 0) is 12.1 Å². The minimum Gasteiger partial charge on any atom is -0.345 e. The van der Waals surface area contributed by atoms with E-state index in [9.17, 15) is 14.4 Å². The molecule has 1 unspecified atom stereocenters. The van der Waals surface area contributed by atoms with Gasteiger partial charge in [0.05, 0.1) is 18.9 Å². The van der Waals surface area contributed by atoms with E-state index in [4.69, 9.17) is 0 Å². The average molecular weight is 232 g/mol. The summed E-state index contributed by atoms with van der Waals surface area (Å²) in [4.78, 5) is 33.9. The topological polar surface area (TPSA) is 75.3 Å². The number of carbonyl (C=O) groups excluding carboxylic acids is 3. The van der Waals surface area contributed by atoms with Crippen LogP contribution in [0.25, 0.3) is 0 Å². The van der Waals surface area contributed by atoms with E-state index in [0.717, 1.165) is 0 Å². The second-order valence-electron chi connectivity index (χ2n) is 3.88. The van der Waals surface area contributed by atoms with Crippen molar-refractivity contribution in [2.75, 3.05) is 5.32 Å². The smallest absolute Gasteiger partial charge is 0.228 e. The predicted molar refractivity (Wildman–Crippen MR) is 61.2 cm³/mol. The SMILES string of the molecule is O=C(CC1NC(=O)CC1=O)Nc1ccccc1. The second-order valence-corrected chi connectivity index (χ2v) is 3.88. The van der Waals surface area contributed by atoms with Crippen molar-refractivity contribution in [3.63, 3.8) is 0 Å². The summed E-state index contributed by atoms with van der Waals surface area (Å²) >= 11 is 0. The molecule has 0 saturated carbocycles. The summed E-state index contributed by atoms with van der Waals surface area (Å²) in [6, 6.07) is 8.29. The fourth-order valence-corrected chi connectivity index (χ4v) is 1.69. The quantitative estimate of drug-likeness (QED) is 0.744. The third-order valence-electron chi connectivity index (χ3n) is 2.51. The molecule has 1 saturated heterocycles. The van der Waals surface area contributed by atoms with Crippen molar-refractivity contribution < 1.29 is 14.4 Å². The van der Waals surface area contributed by atoms with Gasteiger partial charge in [0.15, 0.2) is 5.78 Å². The lowest BCUT2D eigenvalue weighted by Gasteiger charge is -2.09. The molecule has 88 valence electrons. The minimum absolute atomic E-state index is 0.0144. The molecule has 1 atom stereocenters. The molecule has 1 aromatic rings. The molecule has 0 bridgehead atoms. The number of hydrogen-bond acceptors (Lipinski definition) is 3. The Morgan fingerprint density at radius 2 is 2.00 bits per heavy atom. The largest absolute Gasteiger partial charge is 0.345 e. The molecule has 2 N–H and O–H groups in total. The van der Waals surface area contributed by atoms with Crippen LogP contribution in [0, 0.1) is 0 Å². The van der Waals surface area contributed by atoms with Gasteiger partial charge in [0.1, 0.15) is 0 Å². The van der Waals surface area contributed by atoms with Crippen molar-refractivity contribution in [2.24, 2.45) is 0 Å². The lowest BCUT2D eigenvalue weighted by molar-refractivity contribution is -0.124. The Kier molecular flexibility index (Phi) is 3.18. The molecule has 1 fully saturated rings. The van der Waals surface area contributed by atoms with Crippen molar-refractivity contribution in [2.45, 2.75) is 18.9 Å². The molecule has 1 aliphatic rings. The van der Waals surface area contributed by atoms with E-state index < -0.39 is 6.04 Å². The van der Waals surface area contributed by atoms with Crippen LogP contribution in [-0.4, -0.2) is 23.6 Å². The Bertz CT molecular complexity index is 456. The van der Waals surface area contributed by atoms with Crippen LogP contribution < -0.4 is 10.6 Å². The van der Waals surface area contributed by atoms with Gasteiger partial charge >= 0.3 is 0 Å². The van der Waals surface area contributed by atoms with Gasteiger partial charge in [0, 0.05) is 5.69 Å². The maximum Gasteiger partial charge on any atom is 0.228 e. The van der Waals surface area contributed by atoms with Gasteiger partial charge < -0.3 is 10.6 Å². The second kappa shape index (κ2) is 4.78. The number of Topliss-reactive ketones (excluding diaryl/α,β-unsaturated/α-hetero) is 1. The lowest BCUT2D eigenvalue weighted by atomic mass is 10.1. The Labute approximate surface area is 98.2 Å². The minimum atomic E-state index is -0.675. The molecule has 1 heterocycles. The first-order chi connectivity index (χ1) is 8.15. The number of amides is 2. The molecular weight excluding hydrogens is 220 g/mol. The van der Waals surface area contributed by atoms with Crippen LogP contribution >= 0.6 is 0 Å². The average Bonchev–Trinajstić information content (AvgIpc) is 2.58. The summed E-state index contributed by atoms with van der Waals surface area (Å²) in [5, 5.41) is 5.13. The van der Waals surface area contributed by atoms with Gasteiger partial charge in [-0.1, -0.05) is 18.2 Å². The van der Waals surface area contributed by atoms with Crippen LogP contribution in [0.3, 0.4) is 0 Å². The van der Waals surface area contributed by atoms with E-state index in [1.54, 1.807) is 24.3 Å². The van der Waals surface area contributed by atoms with Gasteiger partial charge in [0.25, 0.3) is 0 Å². The highest BCUT2D eigenvalue weighted by atomic mass is 16.2. The molecule has 5 nitrogen and oxygen atoms in total. The molecule has 17 heavy (non-hydrogen) atoms. The molecule has 0 aliphatic carbocycles. The fraction of sp³-hybridized carbons (Fsp3) is 0.250. The van der Waals surface area contributed by atoms with E-state index in [-0.39, 0.29) is 30.4 Å². The van der Waals surface area contributed by atoms with Crippen molar-refractivity contribution >= 4 is 23.3 Å². The Morgan fingerprint density at radius 3 is 2.59 bits per heavy atom. The highest BCUT2D eigenvalue weighted by molar-refractivity contribution is 6.09. The molecule has 2 rings (SSSR count). The fourth-order valence-electron chi connectivity index (χ4n) is 1.69. The predicted octanol–water partition coefficient (Wildman–Crippen LogP) is 0.473. The van der Waals surface area contributed by atoms with Gasteiger partial charge in [-0.2, -0.15) is 0 Å². The van der Waals surface area contributed by atoms with Crippen LogP contribution in [0.2, 0.25) is 0 Å². The number of para-hydroxylation sites is 1. The normalized spacial score (nSPS) is 18.9. The Morgan fingerprint density at radius 1 is 1.29 bits per heavy atom. The molecule has 0 aromatic heterocycles. The number of benzene rings is 1. The van der Waals surface area contributed by atoms with Crippen LogP contribution in [0.5, 0.6) is 0 Å². The summed E-state index contributed by atoms with van der Waals surface area (Å²) in [6.07, 6.45) is -0.136. The van der Waals surface area contributed by atoms with E-state index in [1.807, 2.05) is 6.07 Å². The molecule has 1 aliphatic heterocycles. The zero-order valence-corrected chi connectivity index (χ0v) is 9.10. The first-order valence-corrected chi connectivity index (χ1v) is 5.32. The van der Waals surface area contributed by atoms with Gasteiger partial charge in [0.2, 0.25) is 11.8 Å². The standard InChI is InChI=1S/C12H12N2O3/c15-10-7-12(17)14-9(10)6-11(16)13-8-4-2-1-3-5-8/h1-5,9H,6-7H2,(H,13,16)(H,14,17). The van der Waals surface area contributed by atoms with Gasteiger partial charge in [-0.15, -0.1) is 0 Å². The zero-order chi connectivity index (χ0) is 12.3. The lowest BCUT2D eigenvalue weighted by Crippen LogP contribution is -2.33. The summed E-state index contributed by atoms with van der Waals surface area (Å²) in [5.41, 5.74) is 0.675. The van der Waals surface area contributed by atoms with Gasteiger partial charge in [-0.25, -0.2) is 0 Å². The van der Waals surface area contributed by atoms with E-state index in [2.05, 4.69) is 10.6 Å². The maximum atomic E-state index is 11.6. The van der Waals surface area contributed by atoms with E-state index >= 15 is 0 Å². The number of ketones is 1. The number of anilines is 1. The molecule has 0 spiro atoms. The van der Waals surface area contributed by atoms with Crippen molar-refractivity contribution in [1.29, 1.82) is 0 Å². The maximum absolute atomic E-state index is 11.6. The summed E-state index contributed by atoms with van der Waals surface area (Å²) in [7, 11) is 0. The number of nitrogens with one attached hydrogen (secondary N) is 2. The Hall–Kier alpha value is -2.17. The molecule has 1 aromatic carbocycles. The zero-order valence-electron chi connectivity index (χ0n) is 9.10. The van der Waals surface area contributed by atoms with Crippen molar-refractivity contribution in [1.82, 2.24) is 5.32 Å². The summed E-state index contributed by atoms with van der Waals surface area (Å²) in [5.74, 6) is -0.817. The number of carbonyl (C=O) groups is 3. The van der Waals surface area contributed by atoms with Crippen LogP contribution in [0.1, 0.15) is 12.8 Å². The monoisotopic (exact) mass is 232 g/mol. The highest BCUT2D eigenvalue weighted by Gasteiger charge is 2.31. The van der Waals surface area contributed by atoms with E-state index in [0.29, 0.717) is 5.69 Å². The molecule has 5 heteroatoms. The number of rotatable bonds is 3. The van der Waals surface area contributed by atoms with Crippen LogP contribution in [-0.2, 0) is 14.4 Å². The van der Waals surface area contributed by atoms with Crippen molar-refractivity contribution in [3.8, 4) is 0 Å². The Balaban J connectivity index is 1.90. The summed E-state index contributed by atoms with van der Waals surface area (Å²) in [6.45, 7) is 0. The molecular formula is C12H12N2O3. The molecule has 0 radical (unpaired) electrons. The van der Waals surface area contributed by atoms with Crippen LogP contribution in [0.4, 0.5) is 5.69 Å². The number of hydrogen-bond donors (Lipinski definition) is 2. The van der Waals surface area contributed by atoms with E-state index in [1.165, 1.54) is 0 Å². The van der Waals surface area contributed by atoms with Crippen molar-refractivity contribution in [3.05, 3.63) is 30.3 Å². The molecule has 2 amide bonds. The van der Waals surface area contributed by atoms with Gasteiger partial charge in [-0.3, -0.25) is 14.4 Å². The summed E-state index contributed by atoms with van der Waals surface area (Å²) < 4.78 is 0. The third-order valence-corrected chi connectivity index (χ3v) is 2.51. The van der Waals surface area contributed by atoms with Crippen LogP contribution in [0.15, 0.2) is 30.3 Å². The first-order valence-electron chi connectivity index (χ1n) is 5.32. The first kappa shape index (κ1) is 11.3.